The molecule has 0 aromatic carbocycles. The molecule has 0 N–H and O–H groups in total. The molecule has 0 atom stereocenters. The second-order valence-corrected chi connectivity index (χ2v) is 3.45. The van der Waals surface area contributed by atoms with Crippen molar-refractivity contribution in [3.05, 3.63) is 0 Å². The van der Waals surface area contributed by atoms with E-state index in [9.17, 15) is 0 Å². The molecule has 0 rings (SSSR count). The van der Waals surface area contributed by atoms with E-state index >= 15 is 0 Å². The van der Waals surface area contributed by atoms with Crippen molar-refractivity contribution < 1.29 is 0 Å². The SMILES string of the molecule is C[N](C)[Sn]. The maximum atomic E-state index is 2.09. The van der Waals surface area contributed by atoms with Gasteiger partial charge in [0.15, 0.2) is 0 Å². The zero-order chi connectivity index (χ0) is 3.58. The van der Waals surface area contributed by atoms with E-state index in [4.69, 9.17) is 0 Å². The van der Waals surface area contributed by atoms with Crippen LogP contribution in [0.15, 0.2) is 0 Å². The molecule has 0 aliphatic rings. The van der Waals surface area contributed by atoms with Gasteiger partial charge in [-0.1, -0.05) is 0 Å². The van der Waals surface area contributed by atoms with Crippen molar-refractivity contribution in [2.75, 3.05) is 14.1 Å². The van der Waals surface area contributed by atoms with Crippen LogP contribution in [0.1, 0.15) is 0 Å². The molecule has 0 unspecified atom stereocenters. The molecule has 2 heteroatoms. The molecule has 23 valence electrons. The van der Waals surface area contributed by atoms with Crippen LogP contribution >= 0.6 is 0 Å². The molecule has 0 saturated carbocycles. The normalized spacial score (nSPS) is 9.00. The summed E-state index contributed by atoms with van der Waals surface area (Å²) in [6, 6.07) is 0. The van der Waals surface area contributed by atoms with E-state index in [1.807, 2.05) is 14.1 Å². The van der Waals surface area contributed by atoms with Crippen molar-refractivity contribution in [3.8, 4) is 0 Å². The molecule has 0 heterocycles. The van der Waals surface area contributed by atoms with Crippen molar-refractivity contribution in [2.24, 2.45) is 0 Å². The number of hydrogen-bond acceptors (Lipinski definition) is 1. The van der Waals surface area contributed by atoms with Crippen LogP contribution in [-0.2, 0) is 0 Å². The number of rotatable bonds is 0. The molecule has 0 fully saturated rings. The van der Waals surface area contributed by atoms with Gasteiger partial charge < -0.3 is 0 Å². The van der Waals surface area contributed by atoms with Crippen molar-refractivity contribution >= 4 is 22.8 Å². The molecule has 0 bridgehead atoms. The van der Waals surface area contributed by atoms with Gasteiger partial charge in [0.25, 0.3) is 0 Å². The third-order valence-electron chi connectivity index (χ3n) is 0. The topological polar surface area (TPSA) is 3.24 Å². The Morgan fingerprint density at radius 1 is 1.50 bits per heavy atom. The molecule has 0 saturated heterocycles. The molecular formula is C2H6NSn. The summed E-state index contributed by atoms with van der Waals surface area (Å²) in [7, 11) is 4.08. The zero-order valence-electron chi connectivity index (χ0n) is 2.95. The fraction of sp³-hybridized carbons (Fsp3) is 1.00. The van der Waals surface area contributed by atoms with Crippen LogP contribution in [0.3, 0.4) is 0 Å². The fourth-order valence-electron chi connectivity index (χ4n) is 0. The minimum absolute atomic E-state index is 1.47. The average Bonchev–Trinajstić information content (AvgIpc) is 0.811. The Balaban J connectivity index is 2.32. The van der Waals surface area contributed by atoms with Gasteiger partial charge in [-0.25, -0.2) is 0 Å². The summed E-state index contributed by atoms with van der Waals surface area (Å²) in [5.74, 6) is 0. The first-order valence-electron chi connectivity index (χ1n) is 1.12. The molecule has 0 amide bonds. The minimum atomic E-state index is 1.47. The van der Waals surface area contributed by atoms with E-state index in [2.05, 4.69) is 3.12 Å². The first-order valence-corrected chi connectivity index (χ1v) is 2.39. The molecule has 1 nitrogen and oxygen atoms in total. The van der Waals surface area contributed by atoms with Crippen LogP contribution in [0.25, 0.3) is 0 Å². The third kappa shape index (κ3) is 14.8. The molecule has 0 aromatic heterocycles. The van der Waals surface area contributed by atoms with Gasteiger partial charge >= 0.3 is 40.0 Å². The Labute approximate surface area is 40.4 Å². The number of hydrogen-bond donors (Lipinski definition) is 0. The van der Waals surface area contributed by atoms with Crippen molar-refractivity contribution in [2.45, 2.75) is 0 Å². The van der Waals surface area contributed by atoms with E-state index in [1.165, 1.54) is 22.8 Å². The Morgan fingerprint density at radius 2 is 1.50 bits per heavy atom. The van der Waals surface area contributed by atoms with Crippen molar-refractivity contribution in [1.29, 1.82) is 0 Å². The van der Waals surface area contributed by atoms with Gasteiger partial charge in [-0.3, -0.25) is 0 Å². The molecule has 0 spiro atoms. The Hall–Kier alpha value is 0.759. The zero-order valence-corrected chi connectivity index (χ0v) is 5.80. The Kier molecular flexibility index (Phi) is 2.41. The summed E-state index contributed by atoms with van der Waals surface area (Å²) in [6.45, 7) is 0. The Morgan fingerprint density at radius 3 is 1.50 bits per heavy atom. The summed E-state index contributed by atoms with van der Waals surface area (Å²) in [4.78, 5) is 0. The van der Waals surface area contributed by atoms with Gasteiger partial charge in [0.05, 0.1) is 0 Å². The molecule has 0 aromatic rings. The van der Waals surface area contributed by atoms with Crippen molar-refractivity contribution in [1.82, 2.24) is 3.12 Å². The first-order chi connectivity index (χ1) is 1.73. The third-order valence-corrected chi connectivity index (χ3v) is 0. The van der Waals surface area contributed by atoms with Gasteiger partial charge in [0, 0.05) is 0 Å². The van der Waals surface area contributed by atoms with Crippen molar-refractivity contribution in [3.63, 3.8) is 0 Å². The molecule has 0 aliphatic carbocycles. The second kappa shape index (κ2) is 2.02. The molecule has 0 aliphatic heterocycles. The van der Waals surface area contributed by atoms with E-state index in [-0.39, 0.29) is 0 Å². The predicted octanol–water partition coefficient (Wildman–Crippen LogP) is -0.369. The van der Waals surface area contributed by atoms with Gasteiger partial charge in [0.2, 0.25) is 0 Å². The fourth-order valence-corrected chi connectivity index (χ4v) is 0. The van der Waals surface area contributed by atoms with E-state index in [1.54, 1.807) is 0 Å². The molecule has 4 heavy (non-hydrogen) atoms. The van der Waals surface area contributed by atoms with E-state index in [0.717, 1.165) is 0 Å². The monoisotopic (exact) mass is 164 g/mol. The summed E-state index contributed by atoms with van der Waals surface area (Å²) < 4.78 is 2.09. The van der Waals surface area contributed by atoms with Crippen LogP contribution in [0.4, 0.5) is 0 Å². The number of nitrogens with zero attached hydrogens (tertiary/aromatic N) is 1. The van der Waals surface area contributed by atoms with Crippen LogP contribution in [-0.4, -0.2) is 40.0 Å². The van der Waals surface area contributed by atoms with Crippen LogP contribution in [0, 0.1) is 0 Å². The van der Waals surface area contributed by atoms with Gasteiger partial charge in [-0.15, -0.1) is 0 Å². The van der Waals surface area contributed by atoms with Crippen LogP contribution in [0.5, 0.6) is 0 Å². The molecule has 3 radical (unpaired) electrons. The summed E-state index contributed by atoms with van der Waals surface area (Å²) in [6.07, 6.45) is 0. The van der Waals surface area contributed by atoms with Crippen LogP contribution in [0.2, 0.25) is 0 Å². The first kappa shape index (κ1) is 4.76. The second-order valence-electron chi connectivity index (χ2n) is 0.894. The average molecular weight is 163 g/mol. The standard InChI is InChI=1S/C2H6N.Sn/c1-3-2;/h1-2H3;/q-1;+1. The molecular weight excluding hydrogens is 157 g/mol. The van der Waals surface area contributed by atoms with E-state index < -0.39 is 0 Å². The van der Waals surface area contributed by atoms with Gasteiger partial charge in [-0.2, -0.15) is 0 Å². The maximum absolute atomic E-state index is 2.09. The van der Waals surface area contributed by atoms with Gasteiger partial charge in [-0.05, 0) is 0 Å². The summed E-state index contributed by atoms with van der Waals surface area (Å²) in [5.41, 5.74) is 0. The van der Waals surface area contributed by atoms with Crippen LogP contribution < -0.4 is 0 Å². The Bertz CT molecular complexity index is 10.8. The van der Waals surface area contributed by atoms with Gasteiger partial charge in [0.1, 0.15) is 0 Å². The summed E-state index contributed by atoms with van der Waals surface area (Å²) >= 11 is 1.47. The quantitative estimate of drug-likeness (QED) is 0.440. The predicted molar refractivity (Wildman–Crippen MR) is 19.4 cm³/mol. The van der Waals surface area contributed by atoms with E-state index in [0.29, 0.717) is 0 Å². The summed E-state index contributed by atoms with van der Waals surface area (Å²) in [5, 5.41) is 0.